The van der Waals surface area contributed by atoms with Crippen LogP contribution in [-0.4, -0.2) is 16.7 Å². The van der Waals surface area contributed by atoms with Gasteiger partial charge in [0.1, 0.15) is 11.7 Å². The molecule has 0 saturated carbocycles. The fourth-order valence-corrected chi connectivity index (χ4v) is 1.29. The van der Waals surface area contributed by atoms with Gasteiger partial charge in [-0.2, -0.15) is 0 Å². The van der Waals surface area contributed by atoms with Crippen molar-refractivity contribution in [2.75, 3.05) is 0 Å². The second kappa shape index (κ2) is 5.15. The fraction of sp³-hybridized carbons (Fsp3) is 0.357. The van der Waals surface area contributed by atoms with Crippen molar-refractivity contribution in [1.82, 2.24) is 0 Å². The van der Waals surface area contributed by atoms with Crippen LogP contribution in [0.25, 0.3) is 0 Å². The molecule has 0 aliphatic rings. The van der Waals surface area contributed by atoms with Crippen LogP contribution in [0, 0.1) is 0 Å². The molecule has 1 aromatic carbocycles. The van der Waals surface area contributed by atoms with Crippen molar-refractivity contribution in [2.24, 2.45) is 0 Å². The van der Waals surface area contributed by atoms with Crippen LogP contribution >= 0.6 is 0 Å². The van der Waals surface area contributed by atoms with Gasteiger partial charge in [-0.3, -0.25) is 0 Å². The molecule has 0 fully saturated rings. The van der Waals surface area contributed by atoms with Crippen molar-refractivity contribution in [2.45, 2.75) is 32.5 Å². The highest BCUT2D eigenvalue weighted by Gasteiger charge is 2.23. The van der Waals surface area contributed by atoms with E-state index in [4.69, 9.17) is 4.74 Å². The molecule has 1 aromatic rings. The van der Waals surface area contributed by atoms with E-state index < -0.39 is 17.7 Å². The lowest BCUT2D eigenvalue weighted by molar-refractivity contribution is -0.151. The Bertz CT molecular complexity index is 401. The van der Waals surface area contributed by atoms with E-state index in [2.05, 4.69) is 6.58 Å². The van der Waals surface area contributed by atoms with E-state index in [1.165, 1.54) is 0 Å². The maximum absolute atomic E-state index is 11.7. The quantitative estimate of drug-likeness (QED) is 0.646. The molecule has 1 atom stereocenters. The van der Waals surface area contributed by atoms with E-state index in [0.717, 1.165) is 0 Å². The van der Waals surface area contributed by atoms with E-state index in [9.17, 15) is 9.90 Å². The van der Waals surface area contributed by atoms with Gasteiger partial charge in [0.25, 0.3) is 0 Å². The Morgan fingerprint density at radius 2 is 1.82 bits per heavy atom. The van der Waals surface area contributed by atoms with Crippen LogP contribution in [0.15, 0.2) is 42.5 Å². The molecule has 0 bridgehead atoms. The maximum atomic E-state index is 11.7. The summed E-state index contributed by atoms with van der Waals surface area (Å²) in [6, 6.07) is 8.90. The molecular weight excluding hydrogens is 216 g/mol. The second-order valence-electron chi connectivity index (χ2n) is 4.84. The Morgan fingerprint density at radius 3 is 2.29 bits per heavy atom. The molecule has 3 nitrogen and oxygen atoms in total. The van der Waals surface area contributed by atoms with Gasteiger partial charge in [0, 0.05) is 0 Å². The third-order valence-electron chi connectivity index (χ3n) is 2.11. The number of ether oxygens (including phenoxy) is 1. The monoisotopic (exact) mass is 234 g/mol. The summed E-state index contributed by atoms with van der Waals surface area (Å²) in [6.07, 6.45) is -1.02. The summed E-state index contributed by atoms with van der Waals surface area (Å²) < 4.78 is 5.14. The first-order valence-electron chi connectivity index (χ1n) is 5.46. The number of aliphatic hydroxyl groups is 1. The Morgan fingerprint density at radius 1 is 1.29 bits per heavy atom. The van der Waals surface area contributed by atoms with Crippen molar-refractivity contribution in [3.63, 3.8) is 0 Å². The molecule has 1 rings (SSSR count). The predicted molar refractivity (Wildman–Crippen MR) is 66.4 cm³/mol. The van der Waals surface area contributed by atoms with E-state index in [0.29, 0.717) is 5.56 Å². The third-order valence-corrected chi connectivity index (χ3v) is 2.11. The number of rotatable bonds is 3. The molecule has 0 aliphatic carbocycles. The van der Waals surface area contributed by atoms with Crippen LogP contribution in [0.2, 0.25) is 0 Å². The topological polar surface area (TPSA) is 46.5 Å². The summed E-state index contributed by atoms with van der Waals surface area (Å²) in [5, 5.41) is 9.96. The van der Waals surface area contributed by atoms with Gasteiger partial charge < -0.3 is 9.84 Å². The first-order chi connectivity index (χ1) is 7.81. The van der Waals surface area contributed by atoms with Gasteiger partial charge in [0.15, 0.2) is 0 Å². The molecule has 1 N–H and O–H groups in total. The molecule has 0 heterocycles. The highest BCUT2D eigenvalue weighted by molar-refractivity contribution is 5.89. The molecule has 17 heavy (non-hydrogen) atoms. The fourth-order valence-electron chi connectivity index (χ4n) is 1.29. The van der Waals surface area contributed by atoms with Crippen LogP contribution in [0.4, 0.5) is 0 Å². The minimum atomic E-state index is -1.02. The average molecular weight is 234 g/mol. The molecule has 0 spiro atoms. The zero-order valence-corrected chi connectivity index (χ0v) is 10.4. The van der Waals surface area contributed by atoms with E-state index in [-0.39, 0.29) is 5.57 Å². The molecule has 0 aliphatic heterocycles. The summed E-state index contributed by atoms with van der Waals surface area (Å²) in [5.74, 6) is -0.575. The first-order valence-corrected chi connectivity index (χ1v) is 5.46. The van der Waals surface area contributed by atoms with Gasteiger partial charge in [-0.1, -0.05) is 36.9 Å². The Labute approximate surface area is 102 Å². The average Bonchev–Trinajstić information content (AvgIpc) is 2.26. The number of hydrogen-bond acceptors (Lipinski definition) is 3. The van der Waals surface area contributed by atoms with E-state index >= 15 is 0 Å². The van der Waals surface area contributed by atoms with Crippen molar-refractivity contribution < 1.29 is 14.6 Å². The first kappa shape index (κ1) is 13.5. The molecule has 0 saturated heterocycles. The van der Waals surface area contributed by atoms with Crippen LogP contribution < -0.4 is 0 Å². The number of esters is 1. The Kier molecular flexibility index (Phi) is 4.07. The molecule has 0 radical (unpaired) electrons. The number of aliphatic hydroxyl groups excluding tert-OH is 1. The molecule has 92 valence electrons. The lowest BCUT2D eigenvalue weighted by Gasteiger charge is -2.22. The number of carbonyl (C=O) groups is 1. The summed E-state index contributed by atoms with van der Waals surface area (Å²) in [4.78, 5) is 11.7. The van der Waals surface area contributed by atoms with Gasteiger partial charge in [-0.05, 0) is 26.3 Å². The molecule has 0 amide bonds. The number of benzene rings is 1. The second-order valence-corrected chi connectivity index (χ2v) is 4.84. The highest BCUT2D eigenvalue weighted by Crippen LogP contribution is 2.22. The minimum Gasteiger partial charge on any atom is -0.457 e. The molecule has 1 unspecified atom stereocenters. The van der Waals surface area contributed by atoms with Crippen LogP contribution in [0.5, 0.6) is 0 Å². The SMILES string of the molecule is C=C(C(=O)OC(C)(C)C)C(O)c1ccccc1. The lowest BCUT2D eigenvalue weighted by Crippen LogP contribution is -2.26. The molecular formula is C14H18O3. The zero-order chi connectivity index (χ0) is 13.1. The van der Waals surface area contributed by atoms with Gasteiger partial charge in [0.05, 0.1) is 5.57 Å². The third kappa shape index (κ3) is 4.04. The summed E-state index contributed by atoms with van der Waals surface area (Å²) in [7, 11) is 0. The number of carbonyl (C=O) groups excluding carboxylic acids is 1. The van der Waals surface area contributed by atoms with Crippen molar-refractivity contribution in [3.05, 3.63) is 48.0 Å². The normalized spacial score (nSPS) is 12.9. The molecule has 0 aromatic heterocycles. The largest absolute Gasteiger partial charge is 0.457 e. The summed E-state index contributed by atoms with van der Waals surface area (Å²) in [6.45, 7) is 8.90. The van der Waals surface area contributed by atoms with Gasteiger partial charge >= 0.3 is 5.97 Å². The predicted octanol–water partition coefficient (Wildman–Crippen LogP) is 2.62. The van der Waals surface area contributed by atoms with Crippen LogP contribution in [0.1, 0.15) is 32.4 Å². The van der Waals surface area contributed by atoms with Gasteiger partial charge in [0.2, 0.25) is 0 Å². The van der Waals surface area contributed by atoms with Crippen molar-refractivity contribution in [1.29, 1.82) is 0 Å². The smallest absolute Gasteiger partial charge is 0.336 e. The summed E-state index contributed by atoms with van der Waals surface area (Å²) in [5.41, 5.74) is 0.0886. The summed E-state index contributed by atoms with van der Waals surface area (Å²) >= 11 is 0. The van der Waals surface area contributed by atoms with E-state index in [1.54, 1.807) is 45.0 Å². The van der Waals surface area contributed by atoms with Gasteiger partial charge in [-0.15, -0.1) is 0 Å². The Balaban J connectivity index is 2.74. The zero-order valence-electron chi connectivity index (χ0n) is 10.4. The van der Waals surface area contributed by atoms with Crippen molar-refractivity contribution >= 4 is 5.97 Å². The lowest BCUT2D eigenvalue weighted by atomic mass is 10.0. The van der Waals surface area contributed by atoms with Crippen molar-refractivity contribution in [3.8, 4) is 0 Å². The minimum absolute atomic E-state index is 0.0473. The number of hydrogen-bond donors (Lipinski definition) is 1. The highest BCUT2D eigenvalue weighted by atomic mass is 16.6. The van der Waals surface area contributed by atoms with Crippen LogP contribution in [0.3, 0.4) is 0 Å². The van der Waals surface area contributed by atoms with Crippen LogP contribution in [-0.2, 0) is 9.53 Å². The standard InChI is InChI=1S/C14H18O3/c1-10(13(16)17-14(2,3)4)12(15)11-8-6-5-7-9-11/h5-9,12,15H,1H2,2-4H3. The van der Waals surface area contributed by atoms with E-state index in [1.807, 2.05) is 6.07 Å². The molecule has 3 heteroatoms. The Hall–Kier alpha value is -1.61. The van der Waals surface area contributed by atoms with Gasteiger partial charge in [-0.25, -0.2) is 4.79 Å². The maximum Gasteiger partial charge on any atom is 0.336 e.